The van der Waals surface area contributed by atoms with Gasteiger partial charge in [0.2, 0.25) is 5.91 Å². The van der Waals surface area contributed by atoms with Crippen LogP contribution in [0.25, 0.3) is 0 Å². The molecule has 3 amide bonds. The standard InChI is InChI=1S/C20H18ClN5O5/c1-30-14-8-5-12(9-15(14)31-2)22-16(27)10-25-18-17(23-24-25)19(28)26(20(18)29)13-6-3-11(21)4-7-13/h3-9,17-18H,10H2,1-2H3,(H,22,27)/t17-,18+/m0/s1. The molecule has 31 heavy (non-hydrogen) atoms. The molecular formula is C20H18ClN5O5. The average Bonchev–Trinajstić information content (AvgIpc) is 3.28. The molecule has 4 rings (SSSR count). The van der Waals surface area contributed by atoms with Crippen LogP contribution in [0.3, 0.4) is 0 Å². The van der Waals surface area contributed by atoms with Crippen LogP contribution in [0.4, 0.5) is 11.4 Å². The van der Waals surface area contributed by atoms with Crippen molar-refractivity contribution in [1.29, 1.82) is 0 Å². The topological polar surface area (TPSA) is 113 Å². The molecule has 2 atom stereocenters. The lowest BCUT2D eigenvalue weighted by molar-refractivity contribution is -0.123. The molecule has 0 radical (unpaired) electrons. The molecule has 2 heterocycles. The smallest absolute Gasteiger partial charge is 0.263 e. The molecule has 2 aliphatic rings. The molecule has 0 aliphatic carbocycles. The third-order valence-electron chi connectivity index (χ3n) is 4.92. The lowest BCUT2D eigenvalue weighted by atomic mass is 10.1. The largest absolute Gasteiger partial charge is 0.493 e. The average molecular weight is 444 g/mol. The van der Waals surface area contributed by atoms with Crippen LogP contribution in [0.1, 0.15) is 0 Å². The van der Waals surface area contributed by atoms with Crippen LogP contribution in [0.2, 0.25) is 5.02 Å². The molecule has 160 valence electrons. The number of halogens is 1. The maximum absolute atomic E-state index is 12.9. The molecule has 0 bridgehead atoms. The number of rotatable bonds is 6. The normalized spacial score (nSPS) is 19.6. The quantitative estimate of drug-likeness (QED) is 0.685. The van der Waals surface area contributed by atoms with Crippen molar-refractivity contribution in [3.05, 3.63) is 47.5 Å². The molecule has 0 unspecified atom stereocenters. The van der Waals surface area contributed by atoms with Crippen molar-refractivity contribution in [2.45, 2.75) is 12.1 Å². The van der Waals surface area contributed by atoms with E-state index in [-0.39, 0.29) is 6.54 Å². The summed E-state index contributed by atoms with van der Waals surface area (Å²) in [6.07, 6.45) is 0. The lowest BCUT2D eigenvalue weighted by Crippen LogP contribution is -2.43. The van der Waals surface area contributed by atoms with Crippen LogP contribution < -0.4 is 19.7 Å². The Labute approximate surface area is 182 Å². The molecule has 1 fully saturated rings. The summed E-state index contributed by atoms with van der Waals surface area (Å²) in [6, 6.07) is 9.27. The van der Waals surface area contributed by atoms with Gasteiger partial charge >= 0.3 is 0 Å². The van der Waals surface area contributed by atoms with Gasteiger partial charge in [0.25, 0.3) is 11.8 Å². The highest BCUT2D eigenvalue weighted by Crippen LogP contribution is 2.33. The van der Waals surface area contributed by atoms with E-state index >= 15 is 0 Å². The first-order valence-corrected chi connectivity index (χ1v) is 9.63. The Balaban J connectivity index is 1.46. The zero-order valence-corrected chi connectivity index (χ0v) is 17.4. The molecule has 1 N–H and O–H groups in total. The second-order valence-electron chi connectivity index (χ2n) is 6.80. The highest BCUT2D eigenvalue weighted by atomic mass is 35.5. The van der Waals surface area contributed by atoms with Crippen molar-refractivity contribution in [3.63, 3.8) is 0 Å². The Bertz CT molecular complexity index is 1070. The fourth-order valence-electron chi connectivity index (χ4n) is 3.46. The van der Waals surface area contributed by atoms with Crippen LogP contribution in [-0.2, 0) is 14.4 Å². The van der Waals surface area contributed by atoms with E-state index in [1.807, 2.05) is 0 Å². The highest BCUT2D eigenvalue weighted by molar-refractivity contribution is 6.31. The molecule has 2 aliphatic heterocycles. The highest BCUT2D eigenvalue weighted by Gasteiger charge is 2.55. The number of imide groups is 1. The summed E-state index contributed by atoms with van der Waals surface area (Å²) in [5.74, 6) is -0.451. The number of methoxy groups -OCH3 is 2. The molecule has 2 aromatic carbocycles. The Morgan fingerprint density at radius 2 is 1.77 bits per heavy atom. The number of ether oxygens (including phenoxy) is 2. The summed E-state index contributed by atoms with van der Waals surface area (Å²) in [4.78, 5) is 39.2. The minimum Gasteiger partial charge on any atom is -0.493 e. The predicted octanol–water partition coefficient (Wildman–Crippen LogP) is 2.29. The molecule has 2 aromatic rings. The van der Waals surface area contributed by atoms with Crippen LogP contribution >= 0.6 is 11.6 Å². The predicted molar refractivity (Wildman–Crippen MR) is 111 cm³/mol. The monoisotopic (exact) mass is 443 g/mol. The first-order valence-electron chi connectivity index (χ1n) is 9.25. The van der Waals surface area contributed by atoms with Crippen molar-refractivity contribution in [2.24, 2.45) is 10.3 Å². The van der Waals surface area contributed by atoms with Crippen molar-refractivity contribution in [2.75, 3.05) is 31.0 Å². The Morgan fingerprint density at radius 3 is 2.45 bits per heavy atom. The van der Waals surface area contributed by atoms with Crippen LogP contribution in [0, 0.1) is 0 Å². The summed E-state index contributed by atoms with van der Waals surface area (Å²) >= 11 is 5.88. The fraction of sp³-hybridized carbons (Fsp3) is 0.250. The van der Waals surface area contributed by atoms with Gasteiger partial charge in [0, 0.05) is 16.8 Å². The van der Waals surface area contributed by atoms with Crippen molar-refractivity contribution in [1.82, 2.24) is 5.01 Å². The number of hydrogen-bond acceptors (Lipinski definition) is 8. The van der Waals surface area contributed by atoms with Crippen molar-refractivity contribution < 1.29 is 23.9 Å². The number of nitrogens with one attached hydrogen (secondary N) is 1. The molecule has 11 heteroatoms. The maximum Gasteiger partial charge on any atom is 0.263 e. The number of amides is 3. The Hall–Kier alpha value is -3.66. The minimum atomic E-state index is -0.989. The summed E-state index contributed by atoms with van der Waals surface area (Å²) in [5, 5.41) is 12.2. The molecule has 10 nitrogen and oxygen atoms in total. The number of carbonyl (C=O) groups is 3. The maximum atomic E-state index is 12.9. The number of hydrogen-bond donors (Lipinski definition) is 1. The Kier molecular flexibility index (Phi) is 5.47. The SMILES string of the molecule is COc1ccc(NC(=O)CN2N=N[C@@H]3C(=O)N(c4ccc(Cl)cc4)C(=O)[C@@H]32)cc1OC. The van der Waals surface area contributed by atoms with Gasteiger partial charge in [-0.15, -0.1) is 0 Å². The van der Waals surface area contributed by atoms with E-state index in [0.717, 1.165) is 4.90 Å². The fourth-order valence-corrected chi connectivity index (χ4v) is 3.59. The van der Waals surface area contributed by atoms with Gasteiger partial charge < -0.3 is 14.8 Å². The van der Waals surface area contributed by atoms with Crippen LogP contribution in [0.15, 0.2) is 52.8 Å². The summed E-state index contributed by atoms with van der Waals surface area (Å²) in [5.41, 5.74) is 0.866. The number of carbonyl (C=O) groups excluding carboxylic acids is 3. The van der Waals surface area contributed by atoms with Gasteiger partial charge in [-0.05, 0) is 36.4 Å². The molecule has 1 saturated heterocycles. The molecule has 0 aromatic heterocycles. The van der Waals surface area contributed by atoms with E-state index in [1.54, 1.807) is 42.5 Å². The number of fused-ring (bicyclic) bond motifs is 1. The lowest BCUT2D eigenvalue weighted by Gasteiger charge is -2.20. The van der Waals surface area contributed by atoms with Gasteiger partial charge in [0.15, 0.2) is 23.6 Å². The number of benzene rings is 2. The third-order valence-corrected chi connectivity index (χ3v) is 5.17. The summed E-state index contributed by atoms with van der Waals surface area (Å²) in [7, 11) is 3.00. The summed E-state index contributed by atoms with van der Waals surface area (Å²) < 4.78 is 10.4. The van der Waals surface area contributed by atoms with Crippen molar-refractivity contribution in [3.8, 4) is 11.5 Å². The zero-order chi connectivity index (χ0) is 22.1. The molecular weight excluding hydrogens is 426 g/mol. The van der Waals surface area contributed by atoms with Gasteiger partial charge in [-0.2, -0.15) is 5.11 Å². The third kappa shape index (κ3) is 3.77. The Morgan fingerprint density at radius 1 is 1.06 bits per heavy atom. The first-order chi connectivity index (χ1) is 14.9. The number of anilines is 2. The van der Waals surface area contributed by atoms with Gasteiger partial charge in [-0.25, -0.2) is 4.90 Å². The van der Waals surface area contributed by atoms with Gasteiger partial charge in [0.05, 0.1) is 19.9 Å². The first kappa shape index (κ1) is 20.6. The van der Waals surface area contributed by atoms with E-state index in [1.165, 1.54) is 19.2 Å². The second kappa shape index (κ2) is 8.23. The minimum absolute atomic E-state index is 0.257. The van der Waals surface area contributed by atoms with E-state index in [9.17, 15) is 14.4 Å². The van der Waals surface area contributed by atoms with Crippen LogP contribution in [-0.4, -0.2) is 55.6 Å². The van der Waals surface area contributed by atoms with E-state index in [2.05, 4.69) is 15.7 Å². The number of nitrogens with zero attached hydrogens (tertiary/aromatic N) is 4. The van der Waals surface area contributed by atoms with E-state index in [0.29, 0.717) is 27.9 Å². The van der Waals surface area contributed by atoms with Gasteiger partial charge in [-0.1, -0.05) is 16.8 Å². The van der Waals surface area contributed by atoms with Crippen molar-refractivity contribution >= 4 is 40.7 Å². The summed E-state index contributed by atoms with van der Waals surface area (Å²) in [6.45, 7) is -0.257. The zero-order valence-electron chi connectivity index (χ0n) is 16.6. The van der Waals surface area contributed by atoms with E-state index in [4.69, 9.17) is 21.1 Å². The van der Waals surface area contributed by atoms with Crippen LogP contribution in [0.5, 0.6) is 11.5 Å². The second-order valence-corrected chi connectivity index (χ2v) is 7.23. The molecule has 0 spiro atoms. The van der Waals surface area contributed by atoms with Gasteiger partial charge in [0.1, 0.15) is 6.54 Å². The van der Waals surface area contributed by atoms with E-state index < -0.39 is 29.8 Å². The molecule has 0 saturated carbocycles. The van der Waals surface area contributed by atoms with Gasteiger partial charge in [-0.3, -0.25) is 19.4 Å².